The Balaban J connectivity index is 1.89. The molecule has 1 saturated heterocycles. The zero-order valence-electron chi connectivity index (χ0n) is 13.1. The van der Waals surface area contributed by atoms with Crippen LogP contribution in [0.25, 0.3) is 16.8 Å². The molecule has 1 unspecified atom stereocenters. The lowest BCUT2D eigenvalue weighted by molar-refractivity contribution is -0.726. The van der Waals surface area contributed by atoms with E-state index in [0.717, 1.165) is 11.1 Å². The molecule has 4 N–H and O–H groups in total. The van der Waals surface area contributed by atoms with Crippen LogP contribution in [0.3, 0.4) is 0 Å². The van der Waals surface area contributed by atoms with E-state index in [-0.39, 0.29) is 5.75 Å². The van der Waals surface area contributed by atoms with Crippen LogP contribution in [0.5, 0.6) is 0 Å². The fourth-order valence-corrected chi connectivity index (χ4v) is 4.56. The lowest BCUT2D eigenvalue weighted by Crippen LogP contribution is -2.39. The maximum absolute atomic E-state index is 12.4. The lowest BCUT2D eigenvalue weighted by Gasteiger charge is -2.23. The number of rotatable bonds is 2. The minimum Gasteiger partial charge on any atom is -0.384 e. The molecule has 126 valence electrons. The predicted octanol–water partition coefficient (Wildman–Crippen LogP) is -0.810. The van der Waals surface area contributed by atoms with Crippen molar-refractivity contribution >= 4 is 21.3 Å². The molecule has 9 nitrogen and oxygen atoms in total. The molecule has 24 heavy (non-hydrogen) atoms. The maximum atomic E-state index is 12.4. The van der Waals surface area contributed by atoms with Gasteiger partial charge in [0.05, 0.1) is 35.0 Å². The number of nitrogen functional groups attached to an aromatic ring is 1. The third kappa shape index (κ3) is 2.34. The van der Waals surface area contributed by atoms with Crippen molar-refractivity contribution in [2.75, 3.05) is 24.6 Å². The van der Waals surface area contributed by atoms with Crippen molar-refractivity contribution in [3.8, 4) is 11.1 Å². The summed E-state index contributed by atoms with van der Waals surface area (Å²) in [6, 6.07) is 1.59. The molecule has 0 radical (unpaired) electrons. The Morgan fingerprint density at radius 3 is 3.00 bits per heavy atom. The first-order valence-corrected chi connectivity index (χ1v) is 9.28. The zero-order valence-corrected chi connectivity index (χ0v) is 13.9. The molecule has 4 rings (SSSR count). The van der Waals surface area contributed by atoms with Gasteiger partial charge in [-0.2, -0.15) is 14.7 Å². The zero-order chi connectivity index (χ0) is 16.9. The highest BCUT2D eigenvalue weighted by molar-refractivity contribution is 7.91. The molecule has 0 spiro atoms. The van der Waals surface area contributed by atoms with Gasteiger partial charge in [0.15, 0.2) is 22.5 Å². The SMILES string of the molecule is C[n+]1cc(-c2cnn3c(N)cc(C4CNCCS4(=O)=O)nc23)c[nH]1. The number of H-pyrrole nitrogens is 1. The summed E-state index contributed by atoms with van der Waals surface area (Å²) in [5.41, 5.74) is 8.78. The largest absolute Gasteiger partial charge is 0.384 e. The third-order valence-electron chi connectivity index (χ3n) is 4.24. The Morgan fingerprint density at radius 1 is 1.46 bits per heavy atom. The second-order valence-electron chi connectivity index (χ2n) is 5.93. The van der Waals surface area contributed by atoms with Crippen molar-refractivity contribution < 1.29 is 13.1 Å². The molecule has 0 amide bonds. The van der Waals surface area contributed by atoms with E-state index in [9.17, 15) is 8.42 Å². The van der Waals surface area contributed by atoms with Crippen molar-refractivity contribution in [1.29, 1.82) is 0 Å². The van der Waals surface area contributed by atoms with E-state index in [1.54, 1.807) is 12.3 Å². The summed E-state index contributed by atoms with van der Waals surface area (Å²) in [7, 11) is -1.36. The highest BCUT2D eigenvalue weighted by Gasteiger charge is 2.32. The summed E-state index contributed by atoms with van der Waals surface area (Å²) in [5, 5.41) is 9.73. The molecular weight excluding hydrogens is 330 g/mol. The van der Waals surface area contributed by atoms with E-state index in [0.29, 0.717) is 30.2 Å². The number of sulfone groups is 1. The summed E-state index contributed by atoms with van der Waals surface area (Å²) in [5.74, 6) is 0.464. The number of nitrogens with two attached hydrogens (primary N) is 1. The van der Waals surface area contributed by atoms with Crippen LogP contribution in [-0.2, 0) is 16.9 Å². The summed E-state index contributed by atoms with van der Waals surface area (Å²) >= 11 is 0. The molecule has 10 heteroatoms. The highest BCUT2D eigenvalue weighted by Crippen LogP contribution is 2.28. The number of aromatic nitrogens is 5. The van der Waals surface area contributed by atoms with E-state index in [4.69, 9.17) is 5.73 Å². The Hall–Kier alpha value is -2.46. The molecule has 0 aromatic carbocycles. The first-order chi connectivity index (χ1) is 11.5. The van der Waals surface area contributed by atoms with Crippen LogP contribution in [0.2, 0.25) is 0 Å². The number of hydrogen-bond acceptors (Lipinski definition) is 6. The monoisotopic (exact) mass is 348 g/mol. The first-order valence-electron chi connectivity index (χ1n) is 7.56. The summed E-state index contributed by atoms with van der Waals surface area (Å²) in [6.07, 6.45) is 5.42. The van der Waals surface area contributed by atoms with Crippen molar-refractivity contribution in [1.82, 2.24) is 25.0 Å². The van der Waals surface area contributed by atoms with Gasteiger partial charge in [-0.25, -0.2) is 13.4 Å². The Bertz CT molecular complexity index is 1020. The average Bonchev–Trinajstić information content (AvgIpc) is 3.13. The quantitative estimate of drug-likeness (QED) is 0.521. The molecule has 0 bridgehead atoms. The number of nitrogens with zero attached hydrogens (tertiary/aromatic N) is 4. The van der Waals surface area contributed by atoms with Gasteiger partial charge in [-0.15, -0.1) is 4.68 Å². The second kappa shape index (κ2) is 5.28. The molecule has 0 aliphatic carbocycles. The standard InChI is InChI=1S/C14H17N7O2S/c1-20-8-9(5-17-20)10-6-18-21-13(15)4-11(19-14(10)21)12-7-16-2-3-24(12,22)23/h4-6,8,12,16H,2-3,7H2,1H3,(H2,15,18,19)/p+1. The minimum atomic E-state index is -3.24. The fraction of sp³-hybridized carbons (Fsp3) is 0.357. The van der Waals surface area contributed by atoms with E-state index >= 15 is 0 Å². The van der Waals surface area contributed by atoms with Gasteiger partial charge in [-0.1, -0.05) is 0 Å². The van der Waals surface area contributed by atoms with Crippen LogP contribution in [0, 0.1) is 0 Å². The molecule has 4 heterocycles. The van der Waals surface area contributed by atoms with E-state index < -0.39 is 15.1 Å². The third-order valence-corrected chi connectivity index (χ3v) is 6.29. The van der Waals surface area contributed by atoms with Gasteiger partial charge in [0.2, 0.25) is 6.20 Å². The van der Waals surface area contributed by atoms with Crippen molar-refractivity contribution in [2.45, 2.75) is 5.25 Å². The molecular formula is C14H18N7O2S+. The highest BCUT2D eigenvalue weighted by atomic mass is 32.2. The van der Waals surface area contributed by atoms with Gasteiger partial charge in [0, 0.05) is 19.2 Å². The predicted molar refractivity (Wildman–Crippen MR) is 87.8 cm³/mol. The topological polar surface area (TPSA) is 122 Å². The smallest absolute Gasteiger partial charge is 0.203 e. The van der Waals surface area contributed by atoms with E-state index in [1.165, 1.54) is 4.52 Å². The van der Waals surface area contributed by atoms with Crippen molar-refractivity contribution in [3.63, 3.8) is 0 Å². The molecule has 3 aromatic rings. The van der Waals surface area contributed by atoms with Gasteiger partial charge in [-0.05, 0) is 0 Å². The van der Waals surface area contributed by atoms with Crippen LogP contribution in [-0.4, -0.2) is 47.0 Å². The number of anilines is 1. The second-order valence-corrected chi connectivity index (χ2v) is 8.23. The first kappa shape index (κ1) is 15.1. The van der Waals surface area contributed by atoms with Crippen LogP contribution in [0.1, 0.15) is 10.9 Å². The van der Waals surface area contributed by atoms with Crippen LogP contribution in [0.15, 0.2) is 24.7 Å². The molecule has 0 saturated carbocycles. The number of nitrogens with one attached hydrogen (secondary N) is 2. The Morgan fingerprint density at radius 2 is 2.29 bits per heavy atom. The number of aryl methyl sites for hydroxylation is 1. The van der Waals surface area contributed by atoms with Gasteiger partial charge in [0.1, 0.15) is 11.1 Å². The molecule has 1 fully saturated rings. The lowest BCUT2D eigenvalue weighted by atomic mass is 10.2. The van der Waals surface area contributed by atoms with Gasteiger partial charge in [-0.3, -0.25) is 0 Å². The van der Waals surface area contributed by atoms with Gasteiger partial charge in [0.25, 0.3) is 0 Å². The van der Waals surface area contributed by atoms with Crippen LogP contribution in [0.4, 0.5) is 5.82 Å². The molecule has 3 aromatic heterocycles. The number of hydrogen-bond donors (Lipinski definition) is 3. The average molecular weight is 348 g/mol. The number of fused-ring (bicyclic) bond motifs is 1. The fourth-order valence-electron chi connectivity index (χ4n) is 2.98. The Labute approximate surface area is 138 Å². The normalized spacial score (nSPS) is 20.5. The van der Waals surface area contributed by atoms with E-state index in [2.05, 4.69) is 20.5 Å². The van der Waals surface area contributed by atoms with Crippen molar-refractivity contribution in [2.24, 2.45) is 7.05 Å². The van der Waals surface area contributed by atoms with Crippen LogP contribution >= 0.6 is 0 Å². The van der Waals surface area contributed by atoms with Crippen molar-refractivity contribution in [3.05, 3.63) is 30.4 Å². The van der Waals surface area contributed by atoms with Gasteiger partial charge >= 0.3 is 0 Å². The van der Waals surface area contributed by atoms with E-state index in [1.807, 2.05) is 24.1 Å². The Kier molecular flexibility index (Phi) is 3.32. The summed E-state index contributed by atoms with van der Waals surface area (Å²) in [6.45, 7) is 0.807. The molecule has 1 atom stereocenters. The number of aromatic amines is 1. The summed E-state index contributed by atoms with van der Waals surface area (Å²) < 4.78 is 28.1. The maximum Gasteiger partial charge on any atom is 0.203 e. The van der Waals surface area contributed by atoms with Gasteiger partial charge < -0.3 is 11.1 Å². The minimum absolute atomic E-state index is 0.101. The summed E-state index contributed by atoms with van der Waals surface area (Å²) in [4.78, 5) is 4.58. The molecule has 1 aliphatic rings. The molecule has 1 aliphatic heterocycles. The van der Waals surface area contributed by atoms with Crippen LogP contribution < -0.4 is 15.7 Å².